The van der Waals surface area contributed by atoms with E-state index in [4.69, 9.17) is 39.7 Å². The van der Waals surface area contributed by atoms with E-state index >= 15 is 0 Å². The van der Waals surface area contributed by atoms with Gasteiger partial charge < -0.3 is 49.6 Å². The molecule has 3 rings (SSSR count). The van der Waals surface area contributed by atoms with E-state index in [1.807, 2.05) is 0 Å². The standard InChI is InChI=1S/C8H14O5.C5H10O5/c1-8(2)12-5-4(3-9)11-7(10)6(5)13-8;6-1-2-3(7)4(8)5(9)10-2/h4-7,9-10H,3H2,1-2H3;2-9H,1H2/t4-,5-,6-,7-;2-,3-,4-,5-/m11/s1. The van der Waals surface area contributed by atoms with Gasteiger partial charge in [-0.25, -0.2) is 0 Å². The first-order valence-corrected chi connectivity index (χ1v) is 7.30. The van der Waals surface area contributed by atoms with Crippen molar-refractivity contribution in [3.63, 3.8) is 0 Å². The van der Waals surface area contributed by atoms with Crippen molar-refractivity contribution in [1.29, 1.82) is 0 Å². The molecule has 0 unspecified atom stereocenters. The predicted molar refractivity (Wildman–Crippen MR) is 71.8 cm³/mol. The summed E-state index contributed by atoms with van der Waals surface area (Å²) in [7, 11) is 0. The van der Waals surface area contributed by atoms with Crippen molar-refractivity contribution < 1.29 is 49.6 Å². The van der Waals surface area contributed by atoms with Gasteiger partial charge in [-0.2, -0.15) is 0 Å². The molecule has 3 saturated heterocycles. The van der Waals surface area contributed by atoms with E-state index < -0.39 is 55.5 Å². The van der Waals surface area contributed by atoms with Gasteiger partial charge in [0.05, 0.1) is 13.2 Å². The zero-order valence-electron chi connectivity index (χ0n) is 12.8. The Balaban J connectivity index is 0.000000174. The lowest BCUT2D eigenvalue weighted by atomic mass is 10.1. The Morgan fingerprint density at radius 1 is 0.739 bits per heavy atom. The van der Waals surface area contributed by atoms with E-state index in [1.54, 1.807) is 13.8 Å². The van der Waals surface area contributed by atoms with E-state index in [0.717, 1.165) is 0 Å². The number of ether oxygens (including phenoxy) is 4. The fourth-order valence-corrected chi connectivity index (χ4v) is 2.69. The van der Waals surface area contributed by atoms with Gasteiger partial charge in [-0.3, -0.25) is 0 Å². The van der Waals surface area contributed by atoms with Crippen LogP contribution in [0.4, 0.5) is 0 Å². The Hall–Kier alpha value is -0.400. The van der Waals surface area contributed by atoms with Crippen LogP contribution in [-0.2, 0) is 18.9 Å². The summed E-state index contributed by atoms with van der Waals surface area (Å²) >= 11 is 0. The van der Waals surface area contributed by atoms with Gasteiger partial charge >= 0.3 is 0 Å². The summed E-state index contributed by atoms with van der Waals surface area (Å²) in [5.74, 6) is -0.701. The molecule has 0 saturated carbocycles. The van der Waals surface area contributed by atoms with Crippen molar-refractivity contribution in [1.82, 2.24) is 0 Å². The predicted octanol–water partition coefficient (Wildman–Crippen LogP) is -3.37. The molecule has 3 fully saturated rings. The Kier molecular flexibility index (Phi) is 5.95. The van der Waals surface area contributed by atoms with Crippen molar-refractivity contribution in [3.05, 3.63) is 0 Å². The topological polar surface area (TPSA) is 158 Å². The highest BCUT2D eigenvalue weighted by atomic mass is 16.8. The molecule has 10 heteroatoms. The van der Waals surface area contributed by atoms with Gasteiger partial charge in [0.2, 0.25) is 0 Å². The first-order chi connectivity index (χ1) is 10.7. The van der Waals surface area contributed by atoms with Crippen LogP contribution in [0.25, 0.3) is 0 Å². The van der Waals surface area contributed by atoms with Crippen LogP contribution < -0.4 is 0 Å². The van der Waals surface area contributed by atoms with Gasteiger partial charge in [-0.05, 0) is 13.8 Å². The minimum Gasteiger partial charge on any atom is -0.394 e. The summed E-state index contributed by atoms with van der Waals surface area (Å²) < 4.78 is 20.5. The third kappa shape index (κ3) is 3.99. The lowest BCUT2D eigenvalue weighted by molar-refractivity contribution is -0.223. The van der Waals surface area contributed by atoms with Gasteiger partial charge in [0, 0.05) is 0 Å². The zero-order chi connectivity index (χ0) is 17.4. The first kappa shape index (κ1) is 18.9. The third-order valence-corrected chi connectivity index (χ3v) is 3.82. The summed E-state index contributed by atoms with van der Waals surface area (Å²) in [5, 5.41) is 53.3. The van der Waals surface area contributed by atoms with E-state index in [2.05, 4.69) is 4.74 Å². The number of hydrogen-bond donors (Lipinski definition) is 6. The summed E-state index contributed by atoms with van der Waals surface area (Å²) in [6, 6.07) is 0. The van der Waals surface area contributed by atoms with Gasteiger partial charge in [0.25, 0.3) is 0 Å². The average molecular weight is 340 g/mol. The van der Waals surface area contributed by atoms with Gasteiger partial charge in [0.1, 0.15) is 36.6 Å². The fourth-order valence-electron chi connectivity index (χ4n) is 2.69. The number of aliphatic hydroxyl groups excluding tert-OH is 6. The Morgan fingerprint density at radius 3 is 1.70 bits per heavy atom. The quantitative estimate of drug-likeness (QED) is 0.300. The maximum atomic E-state index is 9.39. The van der Waals surface area contributed by atoms with Crippen LogP contribution in [-0.4, -0.2) is 98.8 Å². The van der Waals surface area contributed by atoms with E-state index in [0.29, 0.717) is 0 Å². The Bertz CT molecular complexity index is 391. The van der Waals surface area contributed by atoms with Crippen LogP contribution in [0, 0.1) is 0 Å². The molecule has 0 aromatic carbocycles. The molecule has 0 radical (unpaired) electrons. The smallest absolute Gasteiger partial charge is 0.184 e. The molecular formula is C13H24O10. The number of hydrogen-bond acceptors (Lipinski definition) is 10. The van der Waals surface area contributed by atoms with Crippen LogP contribution >= 0.6 is 0 Å². The van der Waals surface area contributed by atoms with Crippen LogP contribution in [0.3, 0.4) is 0 Å². The largest absolute Gasteiger partial charge is 0.394 e. The number of aliphatic hydroxyl groups is 6. The Labute approximate surface area is 132 Å². The molecule has 3 aliphatic heterocycles. The lowest BCUT2D eigenvalue weighted by Crippen LogP contribution is -2.33. The first-order valence-electron chi connectivity index (χ1n) is 7.30. The van der Waals surface area contributed by atoms with Crippen molar-refractivity contribution in [3.8, 4) is 0 Å². The van der Waals surface area contributed by atoms with E-state index in [-0.39, 0.29) is 12.7 Å². The molecule has 0 spiro atoms. The van der Waals surface area contributed by atoms with Crippen molar-refractivity contribution in [2.45, 2.75) is 68.8 Å². The van der Waals surface area contributed by atoms with Crippen molar-refractivity contribution in [2.75, 3.05) is 13.2 Å². The van der Waals surface area contributed by atoms with Crippen molar-refractivity contribution in [2.24, 2.45) is 0 Å². The number of fused-ring (bicyclic) bond motifs is 1. The third-order valence-electron chi connectivity index (χ3n) is 3.82. The molecule has 0 bridgehead atoms. The maximum absolute atomic E-state index is 9.39. The summed E-state index contributed by atoms with van der Waals surface area (Å²) in [6.45, 7) is 2.96. The molecule has 3 aliphatic rings. The maximum Gasteiger partial charge on any atom is 0.184 e. The molecule has 136 valence electrons. The molecule has 0 aromatic heterocycles. The van der Waals surface area contributed by atoms with E-state index in [9.17, 15) is 5.11 Å². The molecule has 10 nitrogen and oxygen atoms in total. The minimum atomic E-state index is -1.38. The molecule has 3 heterocycles. The second-order valence-electron chi connectivity index (χ2n) is 6.04. The normalized spacial score (nSPS) is 48.0. The highest BCUT2D eigenvalue weighted by molar-refractivity contribution is 4.94. The van der Waals surface area contributed by atoms with Crippen LogP contribution in [0.5, 0.6) is 0 Å². The van der Waals surface area contributed by atoms with Gasteiger partial charge in [-0.15, -0.1) is 0 Å². The summed E-state index contributed by atoms with van der Waals surface area (Å²) in [4.78, 5) is 0. The highest BCUT2D eigenvalue weighted by Crippen LogP contribution is 2.37. The zero-order valence-corrected chi connectivity index (χ0v) is 12.8. The summed E-state index contributed by atoms with van der Waals surface area (Å²) in [6.07, 6.45) is -7.08. The van der Waals surface area contributed by atoms with Gasteiger partial charge in [-0.1, -0.05) is 0 Å². The molecule has 0 amide bonds. The minimum absolute atomic E-state index is 0.169. The molecule has 6 N–H and O–H groups in total. The number of rotatable bonds is 2. The second kappa shape index (κ2) is 7.23. The molecule has 0 aromatic rings. The van der Waals surface area contributed by atoms with Crippen LogP contribution in [0.2, 0.25) is 0 Å². The highest BCUT2D eigenvalue weighted by Gasteiger charge is 2.54. The van der Waals surface area contributed by atoms with Crippen LogP contribution in [0.1, 0.15) is 13.8 Å². The molecule has 8 atom stereocenters. The molecular weight excluding hydrogens is 316 g/mol. The van der Waals surface area contributed by atoms with Gasteiger partial charge in [0.15, 0.2) is 18.4 Å². The molecule has 23 heavy (non-hydrogen) atoms. The monoisotopic (exact) mass is 340 g/mol. The van der Waals surface area contributed by atoms with Crippen LogP contribution in [0.15, 0.2) is 0 Å². The fraction of sp³-hybridized carbons (Fsp3) is 1.00. The molecule has 0 aliphatic carbocycles. The van der Waals surface area contributed by atoms with Crippen molar-refractivity contribution >= 4 is 0 Å². The Morgan fingerprint density at radius 2 is 1.26 bits per heavy atom. The SMILES string of the molecule is CC1(C)O[C@@H]2[C@H](O1)[C@@H](CO)O[C@H]2O.OC[C@H]1O[C@@H](O)[C@H](O)[C@@H]1O. The second-order valence-corrected chi connectivity index (χ2v) is 6.04. The summed E-state index contributed by atoms with van der Waals surface area (Å²) in [5.41, 5.74) is 0. The van der Waals surface area contributed by atoms with E-state index in [1.165, 1.54) is 0 Å². The lowest BCUT2D eigenvalue weighted by Gasteiger charge is -2.21. The average Bonchev–Trinajstić information content (AvgIpc) is 3.05.